The Bertz CT molecular complexity index is 521. The molecule has 0 aliphatic carbocycles. The molecule has 1 unspecified atom stereocenters. The molecule has 90 valence electrons. The molecule has 3 nitrogen and oxygen atoms in total. The minimum absolute atomic E-state index is 0.512. The second-order valence-electron chi connectivity index (χ2n) is 5.26. The molecule has 2 aromatic rings. The highest BCUT2D eigenvalue weighted by Crippen LogP contribution is 2.27. The van der Waals surface area contributed by atoms with Gasteiger partial charge in [0.05, 0.1) is 5.52 Å². The monoisotopic (exact) mass is 229 g/mol. The number of rotatable bonds is 1. The van der Waals surface area contributed by atoms with Gasteiger partial charge in [0, 0.05) is 24.7 Å². The fourth-order valence-corrected chi connectivity index (χ4v) is 2.66. The van der Waals surface area contributed by atoms with Crippen LogP contribution in [-0.4, -0.2) is 16.3 Å². The summed E-state index contributed by atoms with van der Waals surface area (Å²) in [6.07, 6.45) is 4.62. The maximum absolute atomic E-state index is 4.47. The number of nitrogens with one attached hydrogen (secondary N) is 1. The minimum Gasteiger partial charge on any atom is -0.310 e. The van der Waals surface area contributed by atoms with Gasteiger partial charge >= 0.3 is 0 Å². The number of benzene rings is 1. The molecule has 2 atom stereocenters. The van der Waals surface area contributed by atoms with Crippen LogP contribution in [0.25, 0.3) is 10.9 Å². The lowest BCUT2D eigenvalue weighted by molar-refractivity contribution is 0.333. The SMILES string of the molecule is C[C@H]1CCC(c2ccc3cn(C)nc3c2)NC1. The lowest BCUT2D eigenvalue weighted by atomic mass is 9.92. The summed E-state index contributed by atoms with van der Waals surface area (Å²) in [5, 5.41) is 9.32. The minimum atomic E-state index is 0.512. The number of piperidine rings is 1. The zero-order valence-electron chi connectivity index (χ0n) is 10.5. The van der Waals surface area contributed by atoms with Crippen molar-refractivity contribution in [2.45, 2.75) is 25.8 Å². The van der Waals surface area contributed by atoms with Crippen molar-refractivity contribution in [2.75, 3.05) is 6.54 Å². The third kappa shape index (κ3) is 2.07. The maximum Gasteiger partial charge on any atom is 0.0926 e. The predicted octanol–water partition coefficient (Wildman–Crippen LogP) is 2.63. The standard InChI is InChI=1S/C14H19N3/c1-10-3-6-13(15-8-10)11-4-5-12-9-17(2)16-14(12)7-11/h4-5,7,9-10,13,15H,3,6,8H2,1-2H3/t10-,13?/m0/s1. The first-order chi connectivity index (χ1) is 8.22. The highest BCUT2D eigenvalue weighted by atomic mass is 15.2. The summed E-state index contributed by atoms with van der Waals surface area (Å²) in [5.74, 6) is 0.810. The van der Waals surface area contributed by atoms with Crippen molar-refractivity contribution in [2.24, 2.45) is 13.0 Å². The number of nitrogens with zero attached hydrogens (tertiary/aromatic N) is 2. The summed E-state index contributed by atoms with van der Waals surface area (Å²) in [4.78, 5) is 0. The molecule has 1 aliphatic rings. The van der Waals surface area contributed by atoms with E-state index in [1.165, 1.54) is 23.8 Å². The molecular weight excluding hydrogens is 210 g/mol. The molecule has 0 amide bonds. The molecule has 1 N–H and O–H groups in total. The molecule has 1 aliphatic heterocycles. The summed E-state index contributed by atoms with van der Waals surface area (Å²) < 4.78 is 1.88. The van der Waals surface area contributed by atoms with E-state index in [1.54, 1.807) is 0 Å². The lowest BCUT2D eigenvalue weighted by Gasteiger charge is -2.28. The fraction of sp³-hybridized carbons (Fsp3) is 0.500. The van der Waals surface area contributed by atoms with Gasteiger partial charge < -0.3 is 5.32 Å². The van der Waals surface area contributed by atoms with E-state index in [4.69, 9.17) is 0 Å². The van der Waals surface area contributed by atoms with Crippen LogP contribution in [0.2, 0.25) is 0 Å². The molecule has 1 aromatic carbocycles. The smallest absolute Gasteiger partial charge is 0.0926 e. The highest BCUT2D eigenvalue weighted by Gasteiger charge is 2.19. The van der Waals surface area contributed by atoms with Crippen LogP contribution in [0.15, 0.2) is 24.4 Å². The quantitative estimate of drug-likeness (QED) is 0.814. The molecule has 0 bridgehead atoms. The van der Waals surface area contributed by atoms with Gasteiger partial charge in [-0.3, -0.25) is 4.68 Å². The Morgan fingerprint density at radius 2 is 2.24 bits per heavy atom. The van der Waals surface area contributed by atoms with Crippen molar-refractivity contribution < 1.29 is 0 Å². The van der Waals surface area contributed by atoms with Gasteiger partial charge in [0.2, 0.25) is 0 Å². The Morgan fingerprint density at radius 3 is 3.00 bits per heavy atom. The van der Waals surface area contributed by atoms with E-state index in [0.717, 1.165) is 18.0 Å². The molecular formula is C14H19N3. The lowest BCUT2D eigenvalue weighted by Crippen LogP contribution is -2.31. The summed E-state index contributed by atoms with van der Waals surface area (Å²) >= 11 is 0. The average molecular weight is 229 g/mol. The van der Waals surface area contributed by atoms with E-state index >= 15 is 0 Å². The van der Waals surface area contributed by atoms with E-state index in [9.17, 15) is 0 Å². The molecule has 1 aromatic heterocycles. The molecule has 0 radical (unpaired) electrons. The van der Waals surface area contributed by atoms with Gasteiger partial charge in [-0.15, -0.1) is 0 Å². The average Bonchev–Trinajstić information content (AvgIpc) is 2.69. The molecule has 3 heteroatoms. The number of fused-ring (bicyclic) bond motifs is 1. The number of hydrogen-bond acceptors (Lipinski definition) is 2. The summed E-state index contributed by atoms with van der Waals surface area (Å²) in [7, 11) is 1.97. The largest absolute Gasteiger partial charge is 0.310 e. The summed E-state index contributed by atoms with van der Waals surface area (Å²) in [5.41, 5.74) is 2.48. The number of hydrogen-bond donors (Lipinski definition) is 1. The van der Waals surface area contributed by atoms with Crippen LogP contribution in [0.5, 0.6) is 0 Å². The normalized spacial score (nSPS) is 25.3. The van der Waals surface area contributed by atoms with Gasteiger partial charge in [-0.25, -0.2) is 0 Å². The van der Waals surface area contributed by atoms with Crippen LogP contribution in [-0.2, 0) is 7.05 Å². The first kappa shape index (κ1) is 10.8. The van der Waals surface area contributed by atoms with Gasteiger partial charge in [0.15, 0.2) is 0 Å². The Labute approximate surface area is 102 Å². The van der Waals surface area contributed by atoms with Crippen LogP contribution >= 0.6 is 0 Å². The van der Waals surface area contributed by atoms with E-state index in [2.05, 4.69) is 41.7 Å². The molecule has 0 saturated carbocycles. The van der Waals surface area contributed by atoms with Crippen LogP contribution in [0.4, 0.5) is 0 Å². The Hall–Kier alpha value is -1.35. The van der Waals surface area contributed by atoms with E-state index in [1.807, 2.05) is 11.7 Å². The summed E-state index contributed by atoms with van der Waals surface area (Å²) in [6, 6.07) is 7.15. The Kier molecular flexibility index (Phi) is 2.63. The van der Waals surface area contributed by atoms with Gasteiger partial charge in [0.1, 0.15) is 0 Å². The van der Waals surface area contributed by atoms with E-state index in [-0.39, 0.29) is 0 Å². The molecule has 1 saturated heterocycles. The molecule has 0 spiro atoms. The zero-order valence-corrected chi connectivity index (χ0v) is 10.5. The second kappa shape index (κ2) is 4.15. The second-order valence-corrected chi connectivity index (χ2v) is 5.26. The number of aromatic nitrogens is 2. The van der Waals surface area contributed by atoms with Gasteiger partial charge in [-0.05, 0) is 36.9 Å². The van der Waals surface area contributed by atoms with Crippen LogP contribution < -0.4 is 5.32 Å². The maximum atomic E-state index is 4.47. The third-order valence-electron chi connectivity index (χ3n) is 3.71. The van der Waals surface area contributed by atoms with Gasteiger partial charge in [-0.1, -0.05) is 19.1 Å². The Balaban J connectivity index is 1.89. The van der Waals surface area contributed by atoms with Crippen molar-refractivity contribution in [3.8, 4) is 0 Å². The first-order valence-corrected chi connectivity index (χ1v) is 6.39. The van der Waals surface area contributed by atoms with Crippen LogP contribution in [0.1, 0.15) is 31.4 Å². The van der Waals surface area contributed by atoms with Crippen molar-refractivity contribution in [3.63, 3.8) is 0 Å². The Morgan fingerprint density at radius 1 is 1.35 bits per heavy atom. The topological polar surface area (TPSA) is 29.9 Å². The van der Waals surface area contributed by atoms with E-state index in [0.29, 0.717) is 6.04 Å². The van der Waals surface area contributed by atoms with Crippen LogP contribution in [0, 0.1) is 5.92 Å². The van der Waals surface area contributed by atoms with Crippen LogP contribution in [0.3, 0.4) is 0 Å². The predicted molar refractivity (Wildman–Crippen MR) is 69.9 cm³/mol. The highest BCUT2D eigenvalue weighted by molar-refractivity contribution is 5.78. The van der Waals surface area contributed by atoms with Crippen molar-refractivity contribution in [1.29, 1.82) is 0 Å². The molecule has 1 fully saturated rings. The van der Waals surface area contributed by atoms with E-state index < -0.39 is 0 Å². The summed E-state index contributed by atoms with van der Waals surface area (Å²) in [6.45, 7) is 3.44. The van der Waals surface area contributed by atoms with Gasteiger partial charge in [0.25, 0.3) is 0 Å². The van der Waals surface area contributed by atoms with Crippen molar-refractivity contribution in [3.05, 3.63) is 30.0 Å². The van der Waals surface area contributed by atoms with Crippen molar-refractivity contribution >= 4 is 10.9 Å². The number of aryl methyl sites for hydroxylation is 1. The molecule has 3 rings (SSSR count). The zero-order chi connectivity index (χ0) is 11.8. The molecule has 2 heterocycles. The molecule has 17 heavy (non-hydrogen) atoms. The first-order valence-electron chi connectivity index (χ1n) is 6.39. The van der Waals surface area contributed by atoms with Crippen molar-refractivity contribution in [1.82, 2.24) is 15.1 Å². The van der Waals surface area contributed by atoms with Gasteiger partial charge in [-0.2, -0.15) is 5.10 Å². The fourth-order valence-electron chi connectivity index (χ4n) is 2.66. The third-order valence-corrected chi connectivity index (χ3v) is 3.71.